The molecule has 0 aliphatic rings. The van der Waals surface area contributed by atoms with Crippen molar-refractivity contribution >= 4 is 35.1 Å². The molecule has 18 heavy (non-hydrogen) atoms. The third-order valence-corrected chi connectivity index (χ3v) is 3.68. The van der Waals surface area contributed by atoms with E-state index in [9.17, 15) is 4.79 Å². The number of carbonyl (C=O) groups excluding carboxylic acids is 1. The zero-order valence-electron chi connectivity index (χ0n) is 10.4. The fraction of sp³-hybridized carbons (Fsp3) is 0.417. The van der Waals surface area contributed by atoms with Gasteiger partial charge in [0.2, 0.25) is 0 Å². The van der Waals surface area contributed by atoms with Crippen LogP contribution in [0.2, 0.25) is 5.02 Å². The number of benzene rings is 1. The first kappa shape index (κ1) is 15.1. The van der Waals surface area contributed by atoms with Gasteiger partial charge in [-0.05, 0) is 30.9 Å². The number of hydrogen-bond acceptors (Lipinski definition) is 3. The van der Waals surface area contributed by atoms with Crippen molar-refractivity contribution in [3.8, 4) is 0 Å². The summed E-state index contributed by atoms with van der Waals surface area (Å²) in [4.78, 5) is 12.6. The Morgan fingerprint density at radius 1 is 1.56 bits per heavy atom. The monoisotopic (exact) mass is 288 g/mol. The molecule has 0 spiro atoms. The molecule has 1 atom stereocenters. The Morgan fingerprint density at radius 2 is 2.28 bits per heavy atom. The van der Waals surface area contributed by atoms with E-state index in [1.54, 1.807) is 23.9 Å². The number of hydrogen-bond donors (Lipinski definition) is 3. The molecule has 0 aliphatic heterocycles. The quantitative estimate of drug-likeness (QED) is 0.730. The Labute approximate surface area is 116 Å². The van der Waals surface area contributed by atoms with Gasteiger partial charge in [-0.1, -0.05) is 18.5 Å². The van der Waals surface area contributed by atoms with Crippen molar-refractivity contribution in [2.45, 2.75) is 24.3 Å². The molecule has 3 N–H and O–H groups in total. The van der Waals surface area contributed by atoms with Gasteiger partial charge in [0.05, 0.1) is 17.7 Å². The van der Waals surface area contributed by atoms with Crippen LogP contribution in [0, 0.1) is 0 Å². The number of halogens is 1. The zero-order valence-corrected chi connectivity index (χ0v) is 11.9. The number of amides is 2. The number of anilines is 1. The molecule has 1 aromatic carbocycles. The molecule has 0 bridgehead atoms. The molecule has 1 aromatic rings. The number of rotatable bonds is 5. The van der Waals surface area contributed by atoms with Crippen molar-refractivity contribution in [3.63, 3.8) is 0 Å². The van der Waals surface area contributed by atoms with Crippen LogP contribution in [0.1, 0.15) is 13.3 Å². The molecular weight excluding hydrogens is 272 g/mol. The number of aliphatic hydroxyl groups excluding tert-OH is 1. The molecule has 0 fully saturated rings. The van der Waals surface area contributed by atoms with Crippen LogP contribution in [-0.2, 0) is 0 Å². The van der Waals surface area contributed by atoms with Crippen LogP contribution in [0.3, 0.4) is 0 Å². The Hall–Kier alpha value is -0.910. The maximum absolute atomic E-state index is 11.6. The van der Waals surface area contributed by atoms with Gasteiger partial charge in [0.25, 0.3) is 0 Å². The van der Waals surface area contributed by atoms with Gasteiger partial charge < -0.3 is 15.7 Å². The fourth-order valence-corrected chi connectivity index (χ4v) is 2.24. The molecule has 0 aliphatic carbocycles. The van der Waals surface area contributed by atoms with Crippen molar-refractivity contribution in [1.82, 2.24) is 5.32 Å². The van der Waals surface area contributed by atoms with Gasteiger partial charge >= 0.3 is 6.03 Å². The van der Waals surface area contributed by atoms with E-state index in [1.807, 2.05) is 19.2 Å². The first-order chi connectivity index (χ1) is 8.60. The minimum absolute atomic E-state index is 0.0733. The van der Waals surface area contributed by atoms with E-state index in [4.69, 9.17) is 16.7 Å². The van der Waals surface area contributed by atoms with Crippen molar-refractivity contribution < 1.29 is 9.90 Å². The second-order valence-electron chi connectivity index (χ2n) is 3.74. The Morgan fingerprint density at radius 3 is 2.78 bits per heavy atom. The molecule has 0 unspecified atom stereocenters. The van der Waals surface area contributed by atoms with Gasteiger partial charge in [-0.2, -0.15) is 0 Å². The molecule has 1 rings (SSSR count). The van der Waals surface area contributed by atoms with Crippen LogP contribution in [0.4, 0.5) is 10.5 Å². The lowest BCUT2D eigenvalue weighted by Crippen LogP contribution is -2.39. The van der Waals surface area contributed by atoms with Gasteiger partial charge in [-0.25, -0.2) is 4.79 Å². The smallest absolute Gasteiger partial charge is 0.319 e. The van der Waals surface area contributed by atoms with Crippen LogP contribution in [-0.4, -0.2) is 30.0 Å². The number of thioether (sulfide) groups is 1. The van der Waals surface area contributed by atoms with E-state index in [0.717, 1.165) is 4.90 Å². The predicted molar refractivity (Wildman–Crippen MR) is 76.6 cm³/mol. The molecule has 0 radical (unpaired) electrons. The van der Waals surface area contributed by atoms with Crippen LogP contribution < -0.4 is 10.6 Å². The molecule has 0 saturated carbocycles. The third kappa shape index (κ3) is 4.40. The van der Waals surface area contributed by atoms with Crippen LogP contribution >= 0.6 is 23.4 Å². The van der Waals surface area contributed by atoms with E-state index >= 15 is 0 Å². The topological polar surface area (TPSA) is 61.4 Å². The normalized spacial score (nSPS) is 12.0. The van der Waals surface area contributed by atoms with E-state index < -0.39 is 0 Å². The first-order valence-corrected chi connectivity index (χ1v) is 7.22. The van der Waals surface area contributed by atoms with Crippen molar-refractivity contribution in [3.05, 3.63) is 23.2 Å². The first-order valence-electron chi connectivity index (χ1n) is 5.62. The predicted octanol–water partition coefficient (Wildman–Crippen LogP) is 2.95. The number of aliphatic hydroxyl groups is 1. The number of nitrogens with one attached hydrogen (secondary N) is 2. The van der Waals surface area contributed by atoms with Gasteiger partial charge in [0.1, 0.15) is 0 Å². The molecule has 0 heterocycles. The van der Waals surface area contributed by atoms with E-state index in [2.05, 4.69) is 10.6 Å². The maximum atomic E-state index is 11.6. The largest absolute Gasteiger partial charge is 0.394 e. The third-order valence-electron chi connectivity index (χ3n) is 2.46. The highest BCUT2D eigenvalue weighted by atomic mass is 35.5. The molecule has 100 valence electrons. The SMILES string of the molecule is CC[C@H](CO)NC(=O)Nc1ccc(SC)c(Cl)c1. The van der Waals surface area contributed by atoms with E-state index in [0.29, 0.717) is 17.1 Å². The molecular formula is C12H17ClN2O2S. The minimum Gasteiger partial charge on any atom is -0.394 e. The Kier molecular flexibility index (Phi) is 6.32. The molecule has 2 amide bonds. The summed E-state index contributed by atoms with van der Waals surface area (Å²) in [6.07, 6.45) is 2.62. The van der Waals surface area contributed by atoms with E-state index in [1.165, 1.54) is 0 Å². The van der Waals surface area contributed by atoms with Crippen molar-refractivity contribution in [1.29, 1.82) is 0 Å². The standard InChI is InChI=1S/C12H17ClN2O2S/c1-3-8(7-16)14-12(17)15-9-4-5-11(18-2)10(13)6-9/h4-6,8,16H,3,7H2,1-2H3,(H2,14,15,17)/t8-/m1/s1. The molecule has 6 heteroatoms. The highest BCUT2D eigenvalue weighted by Crippen LogP contribution is 2.27. The lowest BCUT2D eigenvalue weighted by atomic mass is 10.2. The lowest BCUT2D eigenvalue weighted by Gasteiger charge is -2.15. The number of carbonyl (C=O) groups is 1. The Bertz CT molecular complexity index is 411. The average Bonchev–Trinajstić information content (AvgIpc) is 2.36. The molecule has 0 aromatic heterocycles. The average molecular weight is 289 g/mol. The highest BCUT2D eigenvalue weighted by Gasteiger charge is 2.09. The lowest BCUT2D eigenvalue weighted by molar-refractivity contribution is 0.222. The summed E-state index contributed by atoms with van der Waals surface area (Å²) in [5.41, 5.74) is 0.628. The highest BCUT2D eigenvalue weighted by molar-refractivity contribution is 7.98. The van der Waals surface area contributed by atoms with Gasteiger partial charge in [0, 0.05) is 10.6 Å². The van der Waals surface area contributed by atoms with Crippen LogP contribution in [0.5, 0.6) is 0 Å². The molecule has 4 nitrogen and oxygen atoms in total. The van der Waals surface area contributed by atoms with E-state index in [-0.39, 0.29) is 18.7 Å². The van der Waals surface area contributed by atoms with Crippen molar-refractivity contribution in [2.75, 3.05) is 18.2 Å². The second kappa shape index (κ2) is 7.51. The number of urea groups is 1. The summed E-state index contributed by atoms with van der Waals surface area (Å²) in [7, 11) is 0. The summed E-state index contributed by atoms with van der Waals surface area (Å²) in [6, 6.07) is 4.77. The summed E-state index contributed by atoms with van der Waals surface area (Å²) in [6.45, 7) is 1.82. The molecule has 0 saturated heterocycles. The minimum atomic E-state index is -0.344. The Balaban J connectivity index is 2.62. The summed E-state index contributed by atoms with van der Waals surface area (Å²) < 4.78 is 0. The second-order valence-corrected chi connectivity index (χ2v) is 4.99. The van der Waals surface area contributed by atoms with Crippen LogP contribution in [0.25, 0.3) is 0 Å². The maximum Gasteiger partial charge on any atom is 0.319 e. The van der Waals surface area contributed by atoms with Crippen LogP contribution in [0.15, 0.2) is 23.1 Å². The fourth-order valence-electron chi connectivity index (χ4n) is 1.37. The zero-order chi connectivity index (χ0) is 13.5. The summed E-state index contributed by atoms with van der Waals surface area (Å²) in [5.74, 6) is 0. The van der Waals surface area contributed by atoms with Gasteiger partial charge in [-0.3, -0.25) is 0 Å². The van der Waals surface area contributed by atoms with Gasteiger partial charge in [-0.15, -0.1) is 11.8 Å². The van der Waals surface area contributed by atoms with Crippen molar-refractivity contribution in [2.24, 2.45) is 0 Å². The summed E-state index contributed by atoms with van der Waals surface area (Å²) >= 11 is 7.59. The summed E-state index contributed by atoms with van der Waals surface area (Å²) in [5, 5.41) is 14.9. The van der Waals surface area contributed by atoms with Gasteiger partial charge in [0.15, 0.2) is 0 Å².